The van der Waals surface area contributed by atoms with Crippen LogP contribution in [-0.2, 0) is 31.6 Å². The molecule has 0 aromatic carbocycles. The fraction of sp³-hybridized carbons (Fsp3) is 0. The SMILES string of the molecule is O=S(O)(O)=S.O=S(O)O.OO. The largest absolute Gasteiger partial charge is 0.299 e. The van der Waals surface area contributed by atoms with E-state index in [-0.39, 0.29) is 0 Å². The molecule has 11 heavy (non-hydrogen) atoms. The minimum absolute atomic E-state index is 2.61. The van der Waals surface area contributed by atoms with Crippen LogP contribution in [-0.4, -0.2) is 37.1 Å². The summed E-state index contributed by atoms with van der Waals surface area (Å²) in [4.78, 5) is 0. The molecule has 0 aliphatic heterocycles. The summed E-state index contributed by atoms with van der Waals surface area (Å²) in [6.07, 6.45) is 0. The molecule has 6 N–H and O–H groups in total. The third-order valence-electron chi connectivity index (χ3n) is 0. The monoisotopic (exact) mass is 230 g/mol. The van der Waals surface area contributed by atoms with Gasteiger partial charge in [0.15, 0.2) is 0 Å². The second kappa shape index (κ2) is 10.3. The smallest absolute Gasteiger partial charge is 0.285 e. The predicted octanol–water partition coefficient (Wildman–Crippen LogP) is -0.623. The molecule has 0 saturated heterocycles. The molecule has 0 saturated carbocycles. The van der Waals surface area contributed by atoms with Crippen LogP contribution in [0.15, 0.2) is 0 Å². The van der Waals surface area contributed by atoms with Crippen LogP contribution < -0.4 is 0 Å². The molecule has 0 aliphatic carbocycles. The molecule has 0 atom stereocenters. The van der Waals surface area contributed by atoms with Gasteiger partial charge in [-0.3, -0.25) is 28.7 Å². The van der Waals surface area contributed by atoms with Crippen molar-refractivity contribution in [1.82, 2.24) is 0 Å². The lowest BCUT2D eigenvalue weighted by molar-refractivity contribution is -0.176. The molecule has 0 rings (SSSR count). The summed E-state index contributed by atoms with van der Waals surface area (Å²) in [5, 5.41) is 12.0. The van der Waals surface area contributed by atoms with E-state index in [1.165, 1.54) is 0 Å². The van der Waals surface area contributed by atoms with Gasteiger partial charge in [-0.1, -0.05) is 0 Å². The van der Waals surface area contributed by atoms with Gasteiger partial charge in [0, 0.05) is 11.2 Å². The van der Waals surface area contributed by atoms with Crippen LogP contribution in [0.25, 0.3) is 0 Å². The maximum atomic E-state index is 9.11. The van der Waals surface area contributed by atoms with Gasteiger partial charge in [0.1, 0.15) is 0 Å². The van der Waals surface area contributed by atoms with E-state index in [1.807, 2.05) is 0 Å². The van der Waals surface area contributed by atoms with Crippen LogP contribution in [0.2, 0.25) is 0 Å². The maximum absolute atomic E-state index is 9.11. The van der Waals surface area contributed by atoms with Gasteiger partial charge >= 0.3 is 0 Å². The first-order chi connectivity index (χ1) is 4.73. The quantitative estimate of drug-likeness (QED) is 0.181. The molecule has 0 aliphatic rings. The fourth-order valence-corrected chi connectivity index (χ4v) is 0. The molecule has 0 unspecified atom stereocenters. The van der Waals surface area contributed by atoms with Crippen LogP contribution in [0.1, 0.15) is 0 Å². The molecule has 72 valence electrons. The van der Waals surface area contributed by atoms with Crippen molar-refractivity contribution < 1.29 is 37.1 Å². The van der Waals surface area contributed by atoms with Crippen molar-refractivity contribution in [3.8, 4) is 0 Å². The Bertz CT molecular complexity index is 152. The summed E-state index contributed by atoms with van der Waals surface area (Å²) in [7, 11) is -3.83. The molecule has 0 amide bonds. The normalized spacial score (nSPS) is 9.00. The number of rotatable bonds is 0. The van der Waals surface area contributed by atoms with Crippen molar-refractivity contribution in [1.29, 1.82) is 0 Å². The topological polar surface area (TPSA) is 156 Å². The lowest BCUT2D eigenvalue weighted by Crippen LogP contribution is -1.86. The summed E-state index contributed by atoms with van der Waals surface area (Å²) in [6, 6.07) is 0. The Morgan fingerprint density at radius 2 is 1.18 bits per heavy atom. The minimum atomic E-state index is -3.83. The van der Waals surface area contributed by atoms with Crippen molar-refractivity contribution in [3.63, 3.8) is 0 Å². The Kier molecular flexibility index (Phi) is 16.2. The first-order valence-electron chi connectivity index (χ1n) is 1.43. The van der Waals surface area contributed by atoms with Crippen molar-refractivity contribution in [3.05, 3.63) is 0 Å². The summed E-state index contributed by atoms with van der Waals surface area (Å²) in [5.41, 5.74) is 0. The van der Waals surface area contributed by atoms with Gasteiger partial charge in [0.25, 0.3) is 20.4 Å². The fourth-order valence-electron chi connectivity index (χ4n) is 0. The molecule has 0 bridgehead atoms. The minimum Gasteiger partial charge on any atom is -0.285 e. The van der Waals surface area contributed by atoms with Crippen LogP contribution >= 0.6 is 0 Å². The third kappa shape index (κ3) is 8990. The highest BCUT2D eigenvalue weighted by molar-refractivity contribution is 8.26. The first kappa shape index (κ1) is 17.4. The molecular weight excluding hydrogens is 224 g/mol. The Morgan fingerprint density at radius 1 is 1.18 bits per heavy atom. The third-order valence-corrected chi connectivity index (χ3v) is 0. The summed E-state index contributed by atoms with van der Waals surface area (Å²) in [6.45, 7) is 0. The Hall–Kier alpha value is 0.280. The van der Waals surface area contributed by atoms with Crippen molar-refractivity contribution in [2.75, 3.05) is 0 Å². The summed E-state index contributed by atoms with van der Waals surface area (Å²) in [5.74, 6) is 0. The molecule has 11 heteroatoms. The highest BCUT2D eigenvalue weighted by atomic mass is 32.9. The first-order valence-corrected chi connectivity index (χ1v) is 4.89. The van der Waals surface area contributed by atoms with E-state index in [4.69, 9.17) is 37.1 Å². The van der Waals surface area contributed by atoms with Gasteiger partial charge in [-0.05, 0) is 0 Å². The van der Waals surface area contributed by atoms with Gasteiger partial charge in [0.2, 0.25) is 0 Å². The van der Waals surface area contributed by atoms with Crippen LogP contribution in [0, 0.1) is 0 Å². The molecule has 0 aromatic heterocycles. The van der Waals surface area contributed by atoms with Gasteiger partial charge < -0.3 is 0 Å². The second-order valence-corrected chi connectivity index (χ2v) is 3.34. The molecular formula is H6O8S3. The zero-order valence-corrected chi connectivity index (χ0v) is 7.17. The van der Waals surface area contributed by atoms with Crippen LogP contribution in [0.3, 0.4) is 0 Å². The molecule has 8 nitrogen and oxygen atoms in total. The van der Waals surface area contributed by atoms with Crippen LogP contribution in [0.5, 0.6) is 0 Å². The van der Waals surface area contributed by atoms with E-state index in [1.54, 1.807) is 0 Å². The zero-order valence-electron chi connectivity index (χ0n) is 4.72. The Balaban J connectivity index is -0.0000000965. The van der Waals surface area contributed by atoms with Gasteiger partial charge in [-0.15, -0.1) is 0 Å². The Labute approximate surface area is 69.2 Å². The standard InChI is InChI=1S/H2O3S2.H2O3S.H2O2/c1-5(2,3)4;1-4(2)3;1-2/h(H2,1,2,3,4);(H2,1,2,3);1-2H. The van der Waals surface area contributed by atoms with Crippen molar-refractivity contribution in [2.24, 2.45) is 0 Å². The summed E-state index contributed by atoms with van der Waals surface area (Å²) < 4.78 is 46.8. The number of hydrogen-bond donors (Lipinski definition) is 6. The average Bonchev–Trinajstić information content (AvgIpc) is 1.63. The van der Waals surface area contributed by atoms with E-state index in [2.05, 4.69) is 11.2 Å². The van der Waals surface area contributed by atoms with Gasteiger partial charge in [0.05, 0.1) is 0 Å². The lowest BCUT2D eigenvalue weighted by atomic mass is 15.0. The average molecular weight is 230 g/mol. The predicted molar refractivity (Wildman–Crippen MR) is 39.4 cm³/mol. The maximum Gasteiger partial charge on any atom is 0.299 e. The van der Waals surface area contributed by atoms with Crippen molar-refractivity contribution in [2.45, 2.75) is 0 Å². The van der Waals surface area contributed by atoms with E-state index >= 15 is 0 Å². The molecule has 0 heterocycles. The Morgan fingerprint density at radius 3 is 1.18 bits per heavy atom. The zero-order chi connectivity index (χ0) is 10.1. The van der Waals surface area contributed by atoms with E-state index in [0.29, 0.717) is 0 Å². The molecule has 0 spiro atoms. The van der Waals surface area contributed by atoms with E-state index in [9.17, 15) is 0 Å². The van der Waals surface area contributed by atoms with Gasteiger partial charge in [-0.25, -0.2) is 0 Å². The molecule has 0 radical (unpaired) electrons. The highest BCUT2D eigenvalue weighted by Gasteiger charge is 1.78. The summed E-state index contributed by atoms with van der Waals surface area (Å²) >= 11 is 0.854. The lowest BCUT2D eigenvalue weighted by Gasteiger charge is -1.73. The van der Waals surface area contributed by atoms with Crippen molar-refractivity contribution >= 4 is 31.6 Å². The second-order valence-electron chi connectivity index (χ2n) is 0.679. The molecule has 0 aromatic rings. The van der Waals surface area contributed by atoms with E-state index in [0.717, 1.165) is 0 Å². The van der Waals surface area contributed by atoms with Gasteiger partial charge in [-0.2, -0.15) is 8.42 Å². The highest BCUT2D eigenvalue weighted by Crippen LogP contribution is 1.62. The van der Waals surface area contributed by atoms with E-state index < -0.39 is 20.4 Å². The molecule has 0 fully saturated rings. The number of hydrogen-bond acceptors (Lipinski definition) is 5. The van der Waals surface area contributed by atoms with Crippen LogP contribution in [0.4, 0.5) is 0 Å².